The van der Waals surface area contributed by atoms with Crippen molar-refractivity contribution in [2.24, 2.45) is 4.99 Å². The van der Waals surface area contributed by atoms with Crippen molar-refractivity contribution < 1.29 is 5.11 Å². The number of hydrogen-bond acceptors (Lipinski definition) is 2. The van der Waals surface area contributed by atoms with Crippen LogP contribution in [0.25, 0.3) is 0 Å². The van der Waals surface area contributed by atoms with E-state index in [1.54, 1.807) is 18.3 Å². The van der Waals surface area contributed by atoms with Gasteiger partial charge in [0.25, 0.3) is 0 Å². The third-order valence-electron chi connectivity index (χ3n) is 2.25. The molecule has 0 saturated carbocycles. The standard InChI is InChI=1S/C13H8Br2ClNO/c14-10-3-1-2-4-12(10)17-7-8-5-9(16)6-11(15)13(8)18/h1-7,18H/b17-7+. The minimum Gasteiger partial charge on any atom is -0.506 e. The fourth-order valence-electron chi connectivity index (χ4n) is 1.38. The number of aromatic hydroxyl groups is 1. The Morgan fingerprint density at radius 2 is 1.83 bits per heavy atom. The van der Waals surface area contributed by atoms with E-state index in [1.165, 1.54) is 0 Å². The SMILES string of the molecule is Oc1c(Br)cc(Cl)cc1/C=N/c1ccccc1Br. The molecule has 0 heterocycles. The van der Waals surface area contributed by atoms with Gasteiger partial charge in [-0.15, -0.1) is 0 Å². The summed E-state index contributed by atoms with van der Waals surface area (Å²) in [7, 11) is 0. The average Bonchev–Trinajstić information content (AvgIpc) is 2.33. The number of para-hydroxylation sites is 1. The molecule has 0 aliphatic heterocycles. The molecule has 0 atom stereocenters. The highest BCUT2D eigenvalue weighted by atomic mass is 79.9. The van der Waals surface area contributed by atoms with Crippen molar-refractivity contribution in [1.82, 2.24) is 0 Å². The normalized spacial score (nSPS) is 11.1. The van der Waals surface area contributed by atoms with E-state index in [2.05, 4.69) is 36.9 Å². The summed E-state index contributed by atoms with van der Waals surface area (Å²) in [5.74, 6) is 0.121. The molecule has 0 amide bonds. The summed E-state index contributed by atoms with van der Waals surface area (Å²) in [6.07, 6.45) is 1.58. The van der Waals surface area contributed by atoms with Gasteiger partial charge >= 0.3 is 0 Å². The third kappa shape index (κ3) is 3.13. The summed E-state index contributed by atoms with van der Waals surface area (Å²) < 4.78 is 1.44. The van der Waals surface area contributed by atoms with Crippen LogP contribution < -0.4 is 0 Å². The van der Waals surface area contributed by atoms with Gasteiger partial charge in [0, 0.05) is 21.3 Å². The van der Waals surface area contributed by atoms with Crippen molar-refractivity contribution in [3.8, 4) is 5.75 Å². The van der Waals surface area contributed by atoms with Crippen molar-refractivity contribution in [3.05, 3.63) is 55.9 Å². The smallest absolute Gasteiger partial charge is 0.138 e. The van der Waals surface area contributed by atoms with Gasteiger partial charge in [0.1, 0.15) is 5.75 Å². The highest BCUT2D eigenvalue weighted by molar-refractivity contribution is 9.11. The molecule has 0 aliphatic rings. The van der Waals surface area contributed by atoms with Crippen LogP contribution in [0.1, 0.15) is 5.56 Å². The topological polar surface area (TPSA) is 32.6 Å². The van der Waals surface area contributed by atoms with Crippen molar-refractivity contribution >= 4 is 55.4 Å². The minimum absolute atomic E-state index is 0.121. The molecule has 0 unspecified atom stereocenters. The van der Waals surface area contributed by atoms with Crippen LogP contribution in [-0.4, -0.2) is 11.3 Å². The van der Waals surface area contributed by atoms with Crippen molar-refractivity contribution in [3.63, 3.8) is 0 Å². The van der Waals surface area contributed by atoms with Gasteiger partial charge in [0.2, 0.25) is 0 Å². The maximum atomic E-state index is 9.86. The molecule has 0 fully saturated rings. The number of aliphatic imine (C=N–C) groups is 1. The highest BCUT2D eigenvalue weighted by Gasteiger charge is 2.05. The van der Waals surface area contributed by atoms with Crippen molar-refractivity contribution in [1.29, 1.82) is 0 Å². The quantitative estimate of drug-likeness (QED) is 0.693. The number of halogens is 3. The summed E-state index contributed by atoms with van der Waals surface area (Å²) in [6.45, 7) is 0. The first-order valence-corrected chi connectivity index (χ1v) is 7.01. The second-order valence-electron chi connectivity index (χ2n) is 3.54. The fourth-order valence-corrected chi connectivity index (χ4v) is 2.60. The van der Waals surface area contributed by atoms with Crippen LogP contribution in [0.3, 0.4) is 0 Å². The van der Waals surface area contributed by atoms with E-state index in [0.717, 1.165) is 10.2 Å². The second-order valence-corrected chi connectivity index (χ2v) is 5.68. The van der Waals surface area contributed by atoms with Crippen LogP contribution >= 0.6 is 43.5 Å². The first kappa shape index (κ1) is 13.6. The lowest BCUT2D eigenvalue weighted by Crippen LogP contribution is -1.84. The molecule has 0 saturated heterocycles. The molecule has 0 spiro atoms. The summed E-state index contributed by atoms with van der Waals surface area (Å²) >= 11 is 12.6. The van der Waals surface area contributed by atoms with Gasteiger partial charge in [-0.3, -0.25) is 4.99 Å². The van der Waals surface area contributed by atoms with Gasteiger partial charge in [-0.05, 0) is 56.1 Å². The average molecular weight is 389 g/mol. The number of phenolic OH excluding ortho intramolecular Hbond substituents is 1. The van der Waals surface area contributed by atoms with E-state index in [4.69, 9.17) is 11.6 Å². The molecule has 0 aromatic heterocycles. The molecule has 2 aromatic carbocycles. The van der Waals surface area contributed by atoms with Gasteiger partial charge < -0.3 is 5.11 Å². The van der Waals surface area contributed by atoms with Crippen molar-refractivity contribution in [2.45, 2.75) is 0 Å². The molecule has 0 bridgehead atoms. The lowest BCUT2D eigenvalue weighted by molar-refractivity contribution is 0.471. The zero-order valence-corrected chi connectivity index (χ0v) is 13.0. The number of nitrogens with zero attached hydrogens (tertiary/aromatic N) is 1. The number of rotatable bonds is 2. The number of phenols is 1. The van der Waals surface area contributed by atoms with Crippen LogP contribution in [-0.2, 0) is 0 Å². The minimum atomic E-state index is 0.121. The van der Waals surface area contributed by atoms with Gasteiger partial charge in [-0.25, -0.2) is 0 Å². The lowest BCUT2D eigenvalue weighted by Gasteiger charge is -2.03. The van der Waals surface area contributed by atoms with Crippen LogP contribution in [0.2, 0.25) is 5.02 Å². The van der Waals surface area contributed by atoms with Crippen LogP contribution in [0, 0.1) is 0 Å². The first-order chi connectivity index (χ1) is 8.58. The molecule has 0 radical (unpaired) electrons. The van der Waals surface area contributed by atoms with Crippen LogP contribution in [0.5, 0.6) is 5.75 Å². The first-order valence-electron chi connectivity index (χ1n) is 5.04. The van der Waals surface area contributed by atoms with Crippen LogP contribution in [0.4, 0.5) is 5.69 Å². The van der Waals surface area contributed by atoms with E-state index in [0.29, 0.717) is 15.1 Å². The van der Waals surface area contributed by atoms with Gasteiger partial charge in [0.15, 0.2) is 0 Å². The Morgan fingerprint density at radius 1 is 1.11 bits per heavy atom. The van der Waals surface area contributed by atoms with Crippen molar-refractivity contribution in [2.75, 3.05) is 0 Å². The molecular formula is C13H8Br2ClNO. The van der Waals surface area contributed by atoms with Gasteiger partial charge in [-0.2, -0.15) is 0 Å². The molecule has 5 heteroatoms. The Kier molecular flexibility index (Phi) is 4.43. The number of hydrogen-bond donors (Lipinski definition) is 1. The van der Waals surface area contributed by atoms with E-state index in [1.807, 2.05) is 24.3 Å². The molecular weight excluding hydrogens is 381 g/mol. The summed E-state index contributed by atoms with van der Waals surface area (Å²) in [5, 5.41) is 10.4. The number of benzene rings is 2. The van der Waals surface area contributed by atoms with Gasteiger partial charge in [-0.1, -0.05) is 23.7 Å². The summed E-state index contributed by atoms with van der Waals surface area (Å²) in [5.41, 5.74) is 1.35. The Hall–Kier alpha value is -0.840. The molecule has 92 valence electrons. The largest absolute Gasteiger partial charge is 0.506 e. The van der Waals surface area contributed by atoms with E-state index < -0.39 is 0 Å². The van der Waals surface area contributed by atoms with E-state index >= 15 is 0 Å². The monoisotopic (exact) mass is 387 g/mol. The molecule has 0 aliphatic carbocycles. The third-order valence-corrected chi connectivity index (χ3v) is 3.75. The predicted molar refractivity (Wildman–Crippen MR) is 82.2 cm³/mol. The van der Waals surface area contributed by atoms with Crippen LogP contribution in [0.15, 0.2) is 50.3 Å². The zero-order valence-electron chi connectivity index (χ0n) is 9.07. The van der Waals surface area contributed by atoms with E-state index in [-0.39, 0.29) is 5.75 Å². The maximum Gasteiger partial charge on any atom is 0.138 e. The molecule has 1 N–H and O–H groups in total. The maximum absolute atomic E-state index is 9.86. The summed E-state index contributed by atoms with van der Waals surface area (Å²) in [6, 6.07) is 10.9. The Balaban J connectivity index is 2.38. The highest BCUT2D eigenvalue weighted by Crippen LogP contribution is 2.31. The lowest BCUT2D eigenvalue weighted by atomic mass is 10.2. The summed E-state index contributed by atoms with van der Waals surface area (Å²) in [4.78, 5) is 4.31. The van der Waals surface area contributed by atoms with E-state index in [9.17, 15) is 5.11 Å². The second kappa shape index (κ2) is 5.87. The molecule has 2 nitrogen and oxygen atoms in total. The Bertz CT molecular complexity index is 614. The molecule has 2 rings (SSSR count). The fraction of sp³-hybridized carbons (Fsp3) is 0. The Morgan fingerprint density at radius 3 is 2.56 bits per heavy atom. The Labute approximate surface area is 127 Å². The predicted octanol–water partition coefficient (Wildman–Crippen LogP) is 5.32. The molecule has 2 aromatic rings. The van der Waals surface area contributed by atoms with Gasteiger partial charge in [0.05, 0.1) is 10.2 Å². The zero-order chi connectivity index (χ0) is 13.1. The molecule has 18 heavy (non-hydrogen) atoms.